The quantitative estimate of drug-likeness (QED) is 0.203. The molecule has 4 aromatic heterocycles. The second-order valence-corrected chi connectivity index (χ2v) is 13.3. The summed E-state index contributed by atoms with van der Waals surface area (Å²) in [5, 5.41) is 8.46. The standard InChI is InChI=1S/C39H22N2OS2/c1-2-8-26-23(7-1)13-16-31-38-32(42-39(26)31)19-20-37(40-38)41(24-14-17-29-27-9-3-5-11-33(27)43-35(29)21-24)25-15-18-30-28-10-4-6-12-34(28)44-36(30)22-25/h1-22H. The maximum absolute atomic E-state index is 6.42. The van der Waals surface area contributed by atoms with Crippen LogP contribution in [0.5, 0.6) is 0 Å². The number of thiophene rings is 2. The molecule has 0 aliphatic heterocycles. The second kappa shape index (κ2) is 9.13. The molecule has 0 aliphatic carbocycles. The van der Waals surface area contributed by atoms with Gasteiger partial charge in [-0.3, -0.25) is 4.90 Å². The minimum absolute atomic E-state index is 0.792. The summed E-state index contributed by atoms with van der Waals surface area (Å²) in [6.45, 7) is 0. The summed E-state index contributed by atoms with van der Waals surface area (Å²) in [6, 6.07) is 47.7. The predicted molar refractivity (Wildman–Crippen MR) is 189 cm³/mol. The van der Waals surface area contributed by atoms with Crippen LogP contribution in [0.1, 0.15) is 0 Å². The Morgan fingerprint density at radius 1 is 0.477 bits per heavy atom. The van der Waals surface area contributed by atoms with Crippen molar-refractivity contribution in [2.24, 2.45) is 0 Å². The van der Waals surface area contributed by atoms with Gasteiger partial charge in [0.15, 0.2) is 5.58 Å². The summed E-state index contributed by atoms with van der Waals surface area (Å²) in [5.74, 6) is 0.856. The Balaban J connectivity index is 1.22. The van der Waals surface area contributed by atoms with Crippen molar-refractivity contribution in [3.05, 3.63) is 133 Å². The van der Waals surface area contributed by atoms with Crippen molar-refractivity contribution in [3.8, 4) is 0 Å². The summed E-state index contributed by atoms with van der Waals surface area (Å²) in [4.78, 5) is 7.59. The fraction of sp³-hybridized carbons (Fsp3) is 0. The first-order valence-corrected chi connectivity index (χ1v) is 16.3. The maximum atomic E-state index is 6.42. The topological polar surface area (TPSA) is 29.3 Å². The lowest BCUT2D eigenvalue weighted by atomic mass is 10.1. The first kappa shape index (κ1) is 24.2. The van der Waals surface area contributed by atoms with Crippen LogP contribution in [0.4, 0.5) is 17.2 Å². The van der Waals surface area contributed by atoms with Crippen LogP contribution in [0.2, 0.25) is 0 Å². The van der Waals surface area contributed by atoms with Gasteiger partial charge in [-0.2, -0.15) is 0 Å². The summed E-state index contributed by atoms with van der Waals surface area (Å²) >= 11 is 3.67. The van der Waals surface area contributed by atoms with Crippen molar-refractivity contribution >= 4 is 113 Å². The van der Waals surface area contributed by atoms with Crippen LogP contribution < -0.4 is 4.90 Å². The summed E-state index contributed by atoms with van der Waals surface area (Å²) < 4.78 is 11.5. The van der Waals surface area contributed by atoms with Crippen LogP contribution in [0.3, 0.4) is 0 Å². The zero-order chi connectivity index (χ0) is 28.8. The maximum Gasteiger partial charge on any atom is 0.154 e. The van der Waals surface area contributed by atoms with E-state index >= 15 is 0 Å². The van der Waals surface area contributed by atoms with Gasteiger partial charge < -0.3 is 4.42 Å². The molecule has 0 fully saturated rings. The Bertz CT molecular complexity index is 2640. The molecule has 10 rings (SSSR count). The van der Waals surface area contributed by atoms with Crippen molar-refractivity contribution in [1.29, 1.82) is 0 Å². The van der Waals surface area contributed by atoms with Gasteiger partial charge in [0.05, 0.1) is 0 Å². The predicted octanol–water partition coefficient (Wildman–Crippen LogP) is 12.3. The Morgan fingerprint density at radius 2 is 1.05 bits per heavy atom. The Kier molecular flexibility index (Phi) is 5.03. The molecule has 3 nitrogen and oxygen atoms in total. The van der Waals surface area contributed by atoms with E-state index in [1.807, 2.05) is 22.7 Å². The SMILES string of the molecule is c1ccc2c(c1)ccc1c3nc(N(c4ccc5c(c4)sc4ccccc45)c4ccc5c(c4)sc4ccccc45)ccc3oc21. The highest BCUT2D eigenvalue weighted by Crippen LogP contribution is 2.43. The molecule has 0 aliphatic rings. The molecule has 4 heterocycles. The molecule has 10 aromatic rings. The van der Waals surface area contributed by atoms with E-state index in [2.05, 4.69) is 138 Å². The van der Waals surface area contributed by atoms with E-state index in [0.29, 0.717) is 0 Å². The van der Waals surface area contributed by atoms with Crippen molar-refractivity contribution in [2.75, 3.05) is 4.90 Å². The molecule has 0 atom stereocenters. The van der Waals surface area contributed by atoms with E-state index in [-0.39, 0.29) is 0 Å². The van der Waals surface area contributed by atoms with Gasteiger partial charge in [0, 0.05) is 62.5 Å². The van der Waals surface area contributed by atoms with Crippen molar-refractivity contribution in [3.63, 3.8) is 0 Å². The number of benzene rings is 6. The van der Waals surface area contributed by atoms with E-state index in [1.165, 1.54) is 40.3 Å². The van der Waals surface area contributed by atoms with Gasteiger partial charge in [0.2, 0.25) is 0 Å². The molecule has 44 heavy (non-hydrogen) atoms. The van der Waals surface area contributed by atoms with E-state index in [1.54, 1.807) is 0 Å². The molecular formula is C39H22N2OS2. The van der Waals surface area contributed by atoms with Crippen LogP contribution in [-0.2, 0) is 0 Å². The lowest BCUT2D eigenvalue weighted by Crippen LogP contribution is -2.11. The van der Waals surface area contributed by atoms with Crippen LogP contribution >= 0.6 is 22.7 Å². The minimum atomic E-state index is 0.792. The van der Waals surface area contributed by atoms with Crippen LogP contribution in [-0.4, -0.2) is 4.98 Å². The Hall–Kier alpha value is -5.23. The zero-order valence-corrected chi connectivity index (χ0v) is 25.0. The first-order valence-electron chi connectivity index (χ1n) is 14.6. The van der Waals surface area contributed by atoms with E-state index < -0.39 is 0 Å². The number of hydrogen-bond donors (Lipinski definition) is 0. The lowest BCUT2D eigenvalue weighted by molar-refractivity contribution is 0.672. The third kappa shape index (κ3) is 3.51. The minimum Gasteiger partial charge on any atom is -0.454 e. The Labute approximate surface area is 259 Å². The monoisotopic (exact) mass is 598 g/mol. The van der Waals surface area contributed by atoms with E-state index in [4.69, 9.17) is 9.40 Å². The highest BCUT2D eigenvalue weighted by molar-refractivity contribution is 7.26. The number of pyridine rings is 1. The van der Waals surface area contributed by atoms with Crippen molar-refractivity contribution in [1.82, 2.24) is 4.98 Å². The molecule has 6 aromatic carbocycles. The third-order valence-electron chi connectivity index (χ3n) is 8.66. The highest BCUT2D eigenvalue weighted by atomic mass is 32.1. The molecule has 0 amide bonds. The van der Waals surface area contributed by atoms with Gasteiger partial charge in [-0.05, 0) is 60.0 Å². The van der Waals surface area contributed by atoms with Crippen molar-refractivity contribution in [2.45, 2.75) is 0 Å². The fourth-order valence-electron chi connectivity index (χ4n) is 6.61. The first-order chi connectivity index (χ1) is 21.8. The third-order valence-corrected chi connectivity index (χ3v) is 10.9. The number of nitrogens with zero attached hydrogens (tertiary/aromatic N) is 2. The molecule has 0 N–H and O–H groups in total. The average Bonchev–Trinajstić information content (AvgIpc) is 3.75. The second-order valence-electron chi connectivity index (χ2n) is 11.2. The summed E-state index contributed by atoms with van der Waals surface area (Å²) in [6.07, 6.45) is 0. The normalized spacial score (nSPS) is 12.1. The molecule has 0 bridgehead atoms. The van der Waals surface area contributed by atoms with Gasteiger partial charge in [0.25, 0.3) is 0 Å². The highest BCUT2D eigenvalue weighted by Gasteiger charge is 2.20. The molecule has 0 saturated carbocycles. The number of furan rings is 1. The van der Waals surface area contributed by atoms with E-state index in [9.17, 15) is 0 Å². The average molecular weight is 599 g/mol. The summed E-state index contributed by atoms with van der Waals surface area (Å²) in [7, 11) is 0. The van der Waals surface area contributed by atoms with Gasteiger partial charge in [0.1, 0.15) is 16.9 Å². The number of hydrogen-bond acceptors (Lipinski definition) is 5. The van der Waals surface area contributed by atoms with Crippen LogP contribution in [0, 0.1) is 0 Å². The largest absolute Gasteiger partial charge is 0.454 e. The Morgan fingerprint density at radius 3 is 1.73 bits per heavy atom. The molecule has 0 spiro atoms. The number of fused-ring (bicyclic) bond motifs is 11. The zero-order valence-electron chi connectivity index (χ0n) is 23.3. The van der Waals surface area contributed by atoms with Gasteiger partial charge in [-0.25, -0.2) is 4.98 Å². The molecule has 0 radical (unpaired) electrons. The molecule has 5 heteroatoms. The van der Waals surface area contributed by atoms with Crippen LogP contribution in [0.15, 0.2) is 138 Å². The van der Waals surface area contributed by atoms with Crippen molar-refractivity contribution < 1.29 is 4.42 Å². The molecule has 0 saturated heterocycles. The fourth-order valence-corrected chi connectivity index (χ4v) is 8.88. The van der Waals surface area contributed by atoms with E-state index in [0.717, 1.165) is 50.0 Å². The summed E-state index contributed by atoms with van der Waals surface area (Å²) in [5.41, 5.74) is 4.70. The smallest absolute Gasteiger partial charge is 0.154 e. The van der Waals surface area contributed by atoms with Gasteiger partial charge >= 0.3 is 0 Å². The molecule has 0 unspecified atom stereocenters. The number of anilines is 3. The lowest BCUT2D eigenvalue weighted by Gasteiger charge is -2.24. The number of rotatable bonds is 3. The number of aromatic nitrogens is 1. The van der Waals surface area contributed by atoms with Gasteiger partial charge in [-0.15, -0.1) is 22.7 Å². The van der Waals surface area contributed by atoms with Crippen LogP contribution in [0.25, 0.3) is 73.2 Å². The molecule has 206 valence electrons. The molecular weight excluding hydrogens is 577 g/mol. The van der Waals surface area contributed by atoms with Gasteiger partial charge in [-0.1, -0.05) is 78.9 Å².